The monoisotopic (exact) mass is 663 g/mol. The smallest absolute Gasteiger partial charge is 0.307 e. The highest BCUT2D eigenvalue weighted by molar-refractivity contribution is 5.91. The zero-order valence-corrected chi connectivity index (χ0v) is 28.0. The van der Waals surface area contributed by atoms with Gasteiger partial charge < -0.3 is 20.2 Å². The molecule has 5 heterocycles. The maximum Gasteiger partial charge on any atom is 0.307 e. The van der Waals surface area contributed by atoms with Crippen LogP contribution in [0, 0.1) is 31.1 Å². The summed E-state index contributed by atoms with van der Waals surface area (Å²) in [6, 6.07) is 22.9. The third-order valence-electron chi connectivity index (χ3n) is 10.2. The number of carboxylic acid groups (broad SMARTS) is 1. The minimum absolute atomic E-state index is 0.352. The molecule has 6 aromatic rings. The molecule has 3 aromatic heterocycles. The fraction of sp³-hybridized carbons (Fsp3) is 0.275. The molecule has 8 rings (SSSR count). The zero-order valence-electron chi connectivity index (χ0n) is 28.0. The number of nitrogens with one attached hydrogen (secondary N) is 2. The van der Waals surface area contributed by atoms with E-state index in [0.717, 1.165) is 62.9 Å². The van der Waals surface area contributed by atoms with Crippen molar-refractivity contribution in [2.24, 2.45) is 5.92 Å². The molecular weight excluding hydrogens is 626 g/mol. The van der Waals surface area contributed by atoms with E-state index in [1.54, 1.807) is 0 Å². The Hall–Kier alpha value is -5.63. The van der Waals surface area contributed by atoms with Crippen LogP contribution in [0.5, 0.6) is 0 Å². The third-order valence-corrected chi connectivity index (χ3v) is 10.2. The molecule has 0 spiro atoms. The molecule has 0 radical (unpaired) electrons. The van der Waals surface area contributed by atoms with Gasteiger partial charge in [-0.15, -0.1) is 0 Å². The SMILES string of the molecule is Cc1c(Nc2nccc3cc(C4CCCN4)cnc23)cccc1-c1cccc(-c2nc3cc(CN4CC[C@@H](C(=O)O)C4)cc(C#N)c3o2)c1C. The molecule has 2 aliphatic heterocycles. The van der Waals surface area contributed by atoms with Crippen molar-refractivity contribution in [3.8, 4) is 28.7 Å². The summed E-state index contributed by atoms with van der Waals surface area (Å²) in [4.78, 5) is 27.9. The zero-order chi connectivity index (χ0) is 34.4. The summed E-state index contributed by atoms with van der Waals surface area (Å²) >= 11 is 0. The molecule has 3 N–H and O–H groups in total. The van der Waals surface area contributed by atoms with Crippen molar-refractivity contribution in [3.05, 3.63) is 101 Å². The second kappa shape index (κ2) is 13.0. The van der Waals surface area contributed by atoms with Crippen LogP contribution >= 0.6 is 0 Å². The first-order valence-corrected chi connectivity index (χ1v) is 17.1. The largest absolute Gasteiger partial charge is 0.481 e. The first-order chi connectivity index (χ1) is 24.4. The predicted molar refractivity (Wildman–Crippen MR) is 193 cm³/mol. The van der Waals surface area contributed by atoms with Gasteiger partial charge in [0.2, 0.25) is 5.89 Å². The number of anilines is 2. The lowest BCUT2D eigenvalue weighted by Crippen LogP contribution is -2.22. The fourth-order valence-electron chi connectivity index (χ4n) is 7.49. The number of fused-ring (bicyclic) bond motifs is 2. The van der Waals surface area contributed by atoms with Gasteiger partial charge in [0.15, 0.2) is 11.4 Å². The fourth-order valence-corrected chi connectivity index (χ4v) is 7.49. The number of benzene rings is 3. The predicted octanol–water partition coefficient (Wildman–Crippen LogP) is 7.67. The van der Waals surface area contributed by atoms with Gasteiger partial charge >= 0.3 is 5.97 Å². The first kappa shape index (κ1) is 31.6. The van der Waals surface area contributed by atoms with Crippen LogP contribution in [0.25, 0.3) is 44.6 Å². The molecule has 2 atom stereocenters. The minimum atomic E-state index is -0.762. The van der Waals surface area contributed by atoms with Crippen LogP contribution in [0.2, 0.25) is 0 Å². The van der Waals surface area contributed by atoms with Gasteiger partial charge in [0.05, 0.1) is 11.5 Å². The second-order valence-electron chi connectivity index (χ2n) is 13.4. The number of carboxylic acids is 1. The third kappa shape index (κ3) is 5.85. The summed E-state index contributed by atoms with van der Waals surface area (Å²) in [6.07, 6.45) is 6.72. The summed E-state index contributed by atoms with van der Waals surface area (Å²) in [5, 5.41) is 27.6. The number of pyridine rings is 2. The summed E-state index contributed by atoms with van der Waals surface area (Å²) in [5.74, 6) is 0.0417. The van der Waals surface area contributed by atoms with Gasteiger partial charge in [-0.1, -0.05) is 24.3 Å². The van der Waals surface area contributed by atoms with Gasteiger partial charge in [0, 0.05) is 48.2 Å². The Balaban J connectivity index is 1.09. The highest BCUT2D eigenvalue weighted by Gasteiger charge is 2.28. The molecule has 0 bridgehead atoms. The van der Waals surface area contributed by atoms with E-state index in [1.165, 1.54) is 12.0 Å². The van der Waals surface area contributed by atoms with Crippen LogP contribution in [-0.2, 0) is 11.3 Å². The van der Waals surface area contributed by atoms with Crippen LogP contribution in [0.1, 0.15) is 53.1 Å². The lowest BCUT2D eigenvalue weighted by Gasteiger charge is -2.17. The molecule has 10 heteroatoms. The van der Waals surface area contributed by atoms with Gasteiger partial charge in [-0.25, -0.2) is 9.97 Å². The lowest BCUT2D eigenvalue weighted by molar-refractivity contribution is -0.141. The molecule has 2 saturated heterocycles. The molecule has 250 valence electrons. The number of likely N-dealkylation sites (tertiary alicyclic amines) is 1. The number of oxazole rings is 1. The van der Waals surface area contributed by atoms with Gasteiger partial charge in [-0.2, -0.15) is 5.26 Å². The molecule has 50 heavy (non-hydrogen) atoms. The second-order valence-corrected chi connectivity index (χ2v) is 13.4. The van der Waals surface area contributed by atoms with E-state index in [1.807, 2.05) is 48.8 Å². The number of aliphatic carboxylic acids is 1. The van der Waals surface area contributed by atoms with E-state index in [2.05, 4.69) is 64.7 Å². The van der Waals surface area contributed by atoms with E-state index in [4.69, 9.17) is 14.4 Å². The molecule has 0 aliphatic carbocycles. The van der Waals surface area contributed by atoms with Gasteiger partial charge in [-0.05, 0) is 116 Å². The molecule has 0 saturated carbocycles. The minimum Gasteiger partial charge on any atom is -0.481 e. The van der Waals surface area contributed by atoms with Crippen molar-refractivity contribution in [1.29, 1.82) is 5.26 Å². The van der Waals surface area contributed by atoms with Crippen molar-refractivity contribution < 1.29 is 14.3 Å². The van der Waals surface area contributed by atoms with E-state index < -0.39 is 5.97 Å². The highest BCUT2D eigenvalue weighted by atomic mass is 16.4. The first-order valence-electron chi connectivity index (χ1n) is 17.1. The van der Waals surface area contributed by atoms with Crippen molar-refractivity contribution >= 4 is 39.5 Å². The van der Waals surface area contributed by atoms with Crippen molar-refractivity contribution in [3.63, 3.8) is 0 Å². The highest BCUT2D eigenvalue weighted by Crippen LogP contribution is 2.38. The van der Waals surface area contributed by atoms with E-state index >= 15 is 0 Å². The Morgan fingerprint density at radius 1 is 1.06 bits per heavy atom. The van der Waals surface area contributed by atoms with E-state index in [0.29, 0.717) is 60.5 Å². The van der Waals surface area contributed by atoms with Crippen molar-refractivity contribution in [2.75, 3.05) is 25.0 Å². The summed E-state index contributed by atoms with van der Waals surface area (Å²) in [5.41, 5.74) is 10.4. The quantitative estimate of drug-likeness (QED) is 0.149. The molecule has 0 amide bonds. The van der Waals surface area contributed by atoms with E-state index in [9.17, 15) is 15.2 Å². The average Bonchev–Trinajstić information content (AvgIpc) is 3.91. The Labute approximate surface area is 289 Å². The normalized spacial score (nSPS) is 17.8. The van der Waals surface area contributed by atoms with Gasteiger partial charge in [0.25, 0.3) is 0 Å². The maximum atomic E-state index is 11.4. The van der Waals surface area contributed by atoms with Crippen LogP contribution in [0.4, 0.5) is 11.5 Å². The maximum absolute atomic E-state index is 11.4. The van der Waals surface area contributed by atoms with Crippen molar-refractivity contribution in [2.45, 2.75) is 45.7 Å². The van der Waals surface area contributed by atoms with Crippen LogP contribution < -0.4 is 10.6 Å². The number of rotatable bonds is 8. The number of hydrogen-bond donors (Lipinski definition) is 3. The van der Waals surface area contributed by atoms with E-state index in [-0.39, 0.29) is 5.92 Å². The summed E-state index contributed by atoms with van der Waals surface area (Å²) in [6.45, 7) is 6.96. The number of nitrogens with zero attached hydrogens (tertiary/aromatic N) is 5. The molecule has 1 unspecified atom stereocenters. The summed E-state index contributed by atoms with van der Waals surface area (Å²) in [7, 11) is 0. The van der Waals surface area contributed by atoms with Gasteiger partial charge in [-0.3, -0.25) is 14.7 Å². The van der Waals surface area contributed by atoms with Crippen LogP contribution in [0.3, 0.4) is 0 Å². The number of carbonyl (C=O) groups is 1. The van der Waals surface area contributed by atoms with Crippen LogP contribution in [0.15, 0.2) is 77.5 Å². The Bertz CT molecular complexity index is 2320. The Morgan fingerprint density at radius 2 is 1.88 bits per heavy atom. The van der Waals surface area contributed by atoms with Crippen molar-refractivity contribution in [1.82, 2.24) is 25.2 Å². The molecule has 2 aliphatic rings. The molecule has 10 nitrogen and oxygen atoms in total. The lowest BCUT2D eigenvalue weighted by atomic mass is 9.93. The standard InChI is InChI=1S/C40H37N7O3/c1-23-30(31-7-4-9-33(24(31)2)45-38-36-26(11-14-43-38)18-29(20-44-36)34-10-5-13-42-34)6-3-8-32(23)39-46-35-17-25(16-28(19-41)37(35)50-39)21-47-15-12-27(22-47)40(48)49/h3-4,6-9,11,14,16-18,20,27,34,42H,5,10,12-13,15,21-22H2,1-2H3,(H,43,45)(H,48,49)/t27-,34?/m1/s1. The van der Waals surface area contributed by atoms with Crippen LogP contribution in [-0.4, -0.2) is 50.6 Å². The van der Waals surface area contributed by atoms with Gasteiger partial charge in [0.1, 0.15) is 17.1 Å². The molecule has 3 aromatic carbocycles. The number of hydrogen-bond acceptors (Lipinski definition) is 9. The average molecular weight is 664 g/mol. The number of nitriles is 1. The number of aromatic nitrogens is 3. The molecular formula is C40H37N7O3. The Kier molecular flexibility index (Phi) is 8.23. The Morgan fingerprint density at radius 3 is 2.66 bits per heavy atom. The molecule has 2 fully saturated rings. The topological polar surface area (TPSA) is 140 Å². The summed E-state index contributed by atoms with van der Waals surface area (Å²) < 4.78 is 6.28.